The highest BCUT2D eigenvalue weighted by Gasteiger charge is 2.39. The zero-order valence-electron chi connectivity index (χ0n) is 11.4. The first-order valence-corrected chi connectivity index (χ1v) is 7.08. The molecule has 1 aromatic rings. The molecule has 1 N–H and O–H groups in total. The summed E-state index contributed by atoms with van der Waals surface area (Å²) in [5.74, 6) is 0. The first-order chi connectivity index (χ1) is 8.64. The monoisotopic (exact) mass is 245 g/mol. The molecule has 2 aliphatic rings. The SMILES string of the molecule is CC1(C)CCC2OC(c3ccccc3)CNC2C1. The fraction of sp³-hybridized carbons (Fsp3) is 0.625. The highest BCUT2D eigenvalue weighted by molar-refractivity contribution is 5.18. The highest BCUT2D eigenvalue weighted by atomic mass is 16.5. The summed E-state index contributed by atoms with van der Waals surface area (Å²) in [6, 6.07) is 11.1. The van der Waals surface area contributed by atoms with E-state index in [2.05, 4.69) is 49.5 Å². The minimum absolute atomic E-state index is 0.230. The Kier molecular flexibility index (Phi) is 3.16. The third-order valence-electron chi connectivity index (χ3n) is 4.40. The molecule has 3 rings (SSSR count). The van der Waals surface area contributed by atoms with Gasteiger partial charge in [-0.3, -0.25) is 0 Å². The van der Waals surface area contributed by atoms with Gasteiger partial charge in [0.15, 0.2) is 0 Å². The Morgan fingerprint density at radius 1 is 1.22 bits per heavy atom. The quantitative estimate of drug-likeness (QED) is 0.819. The molecule has 2 heteroatoms. The van der Waals surface area contributed by atoms with Crippen LogP contribution in [-0.4, -0.2) is 18.7 Å². The standard InChI is InChI=1S/C16H23NO/c1-16(2)9-8-14-13(10-16)17-11-15(18-14)12-6-4-3-5-7-12/h3-7,13-15,17H,8-11H2,1-2H3. The molecular weight excluding hydrogens is 222 g/mol. The van der Waals surface area contributed by atoms with Crippen molar-refractivity contribution >= 4 is 0 Å². The van der Waals surface area contributed by atoms with Gasteiger partial charge in [-0.1, -0.05) is 44.2 Å². The zero-order valence-corrected chi connectivity index (χ0v) is 11.4. The third kappa shape index (κ3) is 2.45. The summed E-state index contributed by atoms with van der Waals surface area (Å²) in [5, 5.41) is 3.70. The van der Waals surface area contributed by atoms with Crippen LogP contribution in [0.5, 0.6) is 0 Å². The predicted molar refractivity (Wildman–Crippen MR) is 73.5 cm³/mol. The molecule has 3 atom stereocenters. The largest absolute Gasteiger partial charge is 0.367 e. The molecule has 0 spiro atoms. The number of benzene rings is 1. The van der Waals surface area contributed by atoms with Crippen LogP contribution in [-0.2, 0) is 4.74 Å². The summed E-state index contributed by atoms with van der Waals surface area (Å²) >= 11 is 0. The lowest BCUT2D eigenvalue weighted by atomic mass is 9.73. The Labute approximate surface area is 110 Å². The summed E-state index contributed by atoms with van der Waals surface area (Å²) in [6.45, 7) is 5.68. The minimum atomic E-state index is 0.230. The lowest BCUT2D eigenvalue weighted by molar-refractivity contribution is -0.0956. The number of hydrogen-bond acceptors (Lipinski definition) is 2. The average molecular weight is 245 g/mol. The van der Waals surface area contributed by atoms with E-state index < -0.39 is 0 Å². The molecule has 2 nitrogen and oxygen atoms in total. The predicted octanol–water partition coefficient (Wildman–Crippen LogP) is 3.29. The zero-order chi connectivity index (χ0) is 12.6. The molecule has 0 amide bonds. The lowest BCUT2D eigenvalue weighted by Crippen LogP contribution is -2.53. The summed E-state index contributed by atoms with van der Waals surface area (Å²) < 4.78 is 6.31. The molecule has 1 saturated heterocycles. The van der Waals surface area contributed by atoms with E-state index in [0.717, 1.165) is 6.54 Å². The van der Waals surface area contributed by atoms with Gasteiger partial charge in [0.25, 0.3) is 0 Å². The molecule has 1 aliphatic carbocycles. The van der Waals surface area contributed by atoms with Gasteiger partial charge in [-0.25, -0.2) is 0 Å². The van der Waals surface area contributed by atoms with E-state index >= 15 is 0 Å². The van der Waals surface area contributed by atoms with Crippen molar-refractivity contribution in [1.82, 2.24) is 5.32 Å². The van der Waals surface area contributed by atoms with Crippen LogP contribution in [0.2, 0.25) is 0 Å². The Morgan fingerprint density at radius 2 is 2.00 bits per heavy atom. The van der Waals surface area contributed by atoms with Crippen molar-refractivity contribution in [1.29, 1.82) is 0 Å². The Bertz CT molecular complexity index is 401. The van der Waals surface area contributed by atoms with Crippen LogP contribution in [0.1, 0.15) is 44.8 Å². The number of nitrogens with one attached hydrogen (secondary N) is 1. The fourth-order valence-corrected chi connectivity index (χ4v) is 3.31. The topological polar surface area (TPSA) is 21.3 Å². The van der Waals surface area contributed by atoms with E-state index in [4.69, 9.17) is 4.74 Å². The van der Waals surface area contributed by atoms with E-state index in [1.807, 2.05) is 0 Å². The van der Waals surface area contributed by atoms with Crippen LogP contribution in [0.25, 0.3) is 0 Å². The van der Waals surface area contributed by atoms with Crippen molar-refractivity contribution in [3.8, 4) is 0 Å². The fourth-order valence-electron chi connectivity index (χ4n) is 3.31. The average Bonchev–Trinajstić information content (AvgIpc) is 2.38. The second-order valence-corrected chi connectivity index (χ2v) is 6.50. The number of morpholine rings is 1. The van der Waals surface area contributed by atoms with E-state index in [0.29, 0.717) is 17.6 Å². The van der Waals surface area contributed by atoms with Crippen LogP contribution >= 0.6 is 0 Å². The van der Waals surface area contributed by atoms with Crippen LogP contribution in [0.15, 0.2) is 30.3 Å². The van der Waals surface area contributed by atoms with Crippen molar-refractivity contribution in [3.05, 3.63) is 35.9 Å². The first kappa shape index (κ1) is 12.2. The molecule has 1 aromatic carbocycles. The molecule has 1 heterocycles. The van der Waals surface area contributed by atoms with Crippen molar-refractivity contribution in [2.24, 2.45) is 5.41 Å². The van der Waals surface area contributed by atoms with Crippen LogP contribution < -0.4 is 5.32 Å². The van der Waals surface area contributed by atoms with Crippen molar-refractivity contribution in [2.75, 3.05) is 6.54 Å². The smallest absolute Gasteiger partial charge is 0.0953 e. The van der Waals surface area contributed by atoms with Gasteiger partial charge in [-0.05, 0) is 30.2 Å². The van der Waals surface area contributed by atoms with E-state index in [-0.39, 0.29) is 6.10 Å². The maximum atomic E-state index is 6.31. The minimum Gasteiger partial charge on any atom is -0.367 e. The number of hydrogen-bond donors (Lipinski definition) is 1. The lowest BCUT2D eigenvalue weighted by Gasteiger charge is -2.45. The normalized spacial score (nSPS) is 34.9. The van der Waals surface area contributed by atoms with Crippen LogP contribution in [0.3, 0.4) is 0 Å². The molecule has 0 radical (unpaired) electrons. The van der Waals surface area contributed by atoms with Crippen molar-refractivity contribution < 1.29 is 4.74 Å². The van der Waals surface area contributed by atoms with Crippen molar-refractivity contribution in [2.45, 2.75) is 51.4 Å². The molecular formula is C16H23NO. The third-order valence-corrected chi connectivity index (χ3v) is 4.40. The Morgan fingerprint density at radius 3 is 2.78 bits per heavy atom. The van der Waals surface area contributed by atoms with Gasteiger partial charge in [0.05, 0.1) is 12.2 Å². The number of rotatable bonds is 1. The van der Waals surface area contributed by atoms with Gasteiger partial charge in [0, 0.05) is 12.6 Å². The van der Waals surface area contributed by atoms with Crippen LogP contribution in [0, 0.1) is 5.41 Å². The molecule has 2 fully saturated rings. The van der Waals surface area contributed by atoms with Crippen LogP contribution in [0.4, 0.5) is 0 Å². The molecule has 18 heavy (non-hydrogen) atoms. The molecule has 1 saturated carbocycles. The van der Waals surface area contributed by atoms with Gasteiger partial charge in [0.2, 0.25) is 0 Å². The van der Waals surface area contributed by atoms with E-state index in [1.165, 1.54) is 24.8 Å². The second kappa shape index (κ2) is 4.67. The van der Waals surface area contributed by atoms with Gasteiger partial charge in [-0.2, -0.15) is 0 Å². The molecule has 98 valence electrons. The van der Waals surface area contributed by atoms with Gasteiger partial charge in [-0.15, -0.1) is 0 Å². The van der Waals surface area contributed by atoms with Gasteiger partial charge >= 0.3 is 0 Å². The van der Waals surface area contributed by atoms with Gasteiger partial charge < -0.3 is 10.1 Å². The summed E-state index contributed by atoms with van der Waals surface area (Å²) in [6.07, 6.45) is 4.33. The van der Waals surface area contributed by atoms with E-state index in [1.54, 1.807) is 0 Å². The maximum Gasteiger partial charge on any atom is 0.0953 e. The molecule has 0 bridgehead atoms. The summed E-state index contributed by atoms with van der Waals surface area (Å²) in [4.78, 5) is 0. The maximum absolute atomic E-state index is 6.31. The summed E-state index contributed by atoms with van der Waals surface area (Å²) in [5.41, 5.74) is 1.77. The molecule has 0 aromatic heterocycles. The molecule has 3 unspecified atom stereocenters. The van der Waals surface area contributed by atoms with Gasteiger partial charge in [0.1, 0.15) is 0 Å². The van der Waals surface area contributed by atoms with Crippen molar-refractivity contribution in [3.63, 3.8) is 0 Å². The highest BCUT2D eigenvalue weighted by Crippen LogP contribution is 2.39. The Balaban J connectivity index is 1.69. The Hall–Kier alpha value is -0.860. The number of ether oxygens (including phenoxy) is 1. The second-order valence-electron chi connectivity index (χ2n) is 6.50. The first-order valence-electron chi connectivity index (χ1n) is 7.08. The molecule has 1 aliphatic heterocycles. The van der Waals surface area contributed by atoms with E-state index in [9.17, 15) is 0 Å². The number of fused-ring (bicyclic) bond motifs is 1. The summed E-state index contributed by atoms with van der Waals surface area (Å²) in [7, 11) is 0.